The van der Waals surface area contributed by atoms with Gasteiger partial charge in [-0.05, 0) is 36.8 Å². The van der Waals surface area contributed by atoms with Crippen LogP contribution in [0.1, 0.15) is 12.8 Å². The Hall–Kier alpha value is -2.12. The van der Waals surface area contributed by atoms with Gasteiger partial charge in [-0.25, -0.2) is 4.98 Å². The number of nitrogens with zero attached hydrogens (tertiary/aromatic N) is 1. The van der Waals surface area contributed by atoms with Crippen molar-refractivity contribution in [1.29, 1.82) is 0 Å². The molecule has 0 radical (unpaired) electrons. The molecule has 1 aromatic carbocycles. The average molecular weight is 428 g/mol. The number of ether oxygens (including phenoxy) is 2. The molecular weight excluding hydrogens is 412 g/mol. The maximum Gasteiger partial charge on any atom is 0.306 e. The van der Waals surface area contributed by atoms with Crippen LogP contribution in [0, 0.1) is 0 Å². The van der Waals surface area contributed by atoms with Gasteiger partial charge >= 0.3 is 5.97 Å². The maximum atomic E-state index is 11.7. The Morgan fingerprint density at radius 2 is 2.08 bits per heavy atom. The molecule has 1 aromatic heterocycles. The van der Waals surface area contributed by atoms with Crippen molar-refractivity contribution in [3.63, 3.8) is 0 Å². The molecular formula is C17H16BrClN2O4. The molecule has 0 unspecified atom stereocenters. The monoisotopic (exact) mass is 426 g/mol. The summed E-state index contributed by atoms with van der Waals surface area (Å²) in [5.74, 6) is 0.135. The summed E-state index contributed by atoms with van der Waals surface area (Å²) in [7, 11) is 0. The summed E-state index contributed by atoms with van der Waals surface area (Å²) in [5.41, 5.74) is 0. The predicted molar refractivity (Wildman–Crippen MR) is 97.7 cm³/mol. The largest absolute Gasteiger partial charge is 0.494 e. The molecule has 0 aliphatic heterocycles. The molecule has 1 amide bonds. The van der Waals surface area contributed by atoms with E-state index in [0.717, 1.165) is 10.2 Å². The van der Waals surface area contributed by atoms with E-state index in [0.29, 0.717) is 23.9 Å². The highest BCUT2D eigenvalue weighted by molar-refractivity contribution is 9.10. The third-order valence-corrected chi connectivity index (χ3v) is 3.67. The van der Waals surface area contributed by atoms with Crippen LogP contribution in [0.2, 0.25) is 5.02 Å². The Bertz CT molecular complexity index is 725. The second-order valence-corrected chi connectivity index (χ2v) is 6.33. The first kappa shape index (κ1) is 19.2. The van der Waals surface area contributed by atoms with Crippen molar-refractivity contribution in [2.45, 2.75) is 12.8 Å². The minimum absolute atomic E-state index is 0.167. The number of hydrogen-bond acceptors (Lipinski definition) is 5. The second kappa shape index (κ2) is 10.0. The van der Waals surface area contributed by atoms with Crippen LogP contribution in [0.4, 0.5) is 5.82 Å². The molecule has 2 rings (SSSR count). The smallest absolute Gasteiger partial charge is 0.306 e. The predicted octanol–water partition coefficient (Wildman–Crippen LogP) is 3.84. The highest BCUT2D eigenvalue weighted by Gasteiger charge is 2.08. The number of aromatic nitrogens is 1. The zero-order valence-electron chi connectivity index (χ0n) is 13.2. The number of esters is 1. The topological polar surface area (TPSA) is 77.5 Å². The Balaban J connectivity index is 1.60. The highest BCUT2D eigenvalue weighted by Crippen LogP contribution is 2.17. The van der Waals surface area contributed by atoms with Gasteiger partial charge in [-0.3, -0.25) is 9.59 Å². The summed E-state index contributed by atoms with van der Waals surface area (Å²) in [5, 5.41) is 2.97. The van der Waals surface area contributed by atoms with Gasteiger partial charge in [0.1, 0.15) is 11.6 Å². The number of rotatable bonds is 8. The van der Waals surface area contributed by atoms with E-state index in [2.05, 4.69) is 26.2 Å². The van der Waals surface area contributed by atoms with Crippen LogP contribution in [0.5, 0.6) is 5.75 Å². The molecule has 0 aliphatic carbocycles. The van der Waals surface area contributed by atoms with Crippen molar-refractivity contribution < 1.29 is 19.1 Å². The van der Waals surface area contributed by atoms with Crippen LogP contribution in [-0.4, -0.2) is 30.1 Å². The summed E-state index contributed by atoms with van der Waals surface area (Å²) in [6.45, 7) is 0.0159. The first-order valence-electron chi connectivity index (χ1n) is 7.48. The van der Waals surface area contributed by atoms with Crippen LogP contribution < -0.4 is 10.1 Å². The van der Waals surface area contributed by atoms with Gasteiger partial charge < -0.3 is 14.8 Å². The van der Waals surface area contributed by atoms with Gasteiger partial charge in [0, 0.05) is 17.1 Å². The van der Waals surface area contributed by atoms with E-state index in [-0.39, 0.29) is 13.0 Å². The molecule has 0 atom stereocenters. The molecule has 8 heteroatoms. The lowest BCUT2D eigenvalue weighted by atomic mass is 10.3. The van der Waals surface area contributed by atoms with Crippen LogP contribution in [-0.2, 0) is 14.3 Å². The molecule has 132 valence electrons. The van der Waals surface area contributed by atoms with Gasteiger partial charge in [0.2, 0.25) is 0 Å². The number of benzene rings is 1. The van der Waals surface area contributed by atoms with E-state index in [9.17, 15) is 9.59 Å². The number of anilines is 1. The molecule has 25 heavy (non-hydrogen) atoms. The third-order valence-electron chi connectivity index (χ3n) is 2.95. The molecule has 6 nitrogen and oxygen atoms in total. The summed E-state index contributed by atoms with van der Waals surface area (Å²) in [4.78, 5) is 27.2. The number of hydrogen-bond donors (Lipinski definition) is 1. The van der Waals surface area contributed by atoms with Gasteiger partial charge in [0.05, 0.1) is 11.6 Å². The standard InChI is InChI=1S/C17H16BrClN2O4/c18-12-3-1-4-14(9-12)24-8-2-5-17(23)25-11-16(22)21-15-7-6-13(19)10-20-15/h1,3-4,6-7,9-10H,2,5,8,11H2,(H,20,21,22). The van der Waals surface area contributed by atoms with Crippen LogP contribution in [0.3, 0.4) is 0 Å². The fourth-order valence-corrected chi connectivity index (χ4v) is 2.30. The Morgan fingerprint density at radius 3 is 2.80 bits per heavy atom. The van der Waals surface area contributed by atoms with Gasteiger partial charge in [0.25, 0.3) is 5.91 Å². The fourth-order valence-electron chi connectivity index (χ4n) is 1.81. The van der Waals surface area contributed by atoms with Crippen molar-refractivity contribution in [2.75, 3.05) is 18.5 Å². The van der Waals surface area contributed by atoms with Crippen molar-refractivity contribution in [1.82, 2.24) is 4.98 Å². The lowest BCUT2D eigenvalue weighted by Gasteiger charge is -2.07. The van der Waals surface area contributed by atoms with Gasteiger partial charge in [-0.15, -0.1) is 0 Å². The number of carbonyl (C=O) groups excluding carboxylic acids is 2. The van der Waals surface area contributed by atoms with Gasteiger partial charge in [-0.2, -0.15) is 0 Å². The van der Waals surface area contributed by atoms with E-state index in [1.165, 1.54) is 6.20 Å². The van der Waals surface area contributed by atoms with Crippen LogP contribution >= 0.6 is 27.5 Å². The van der Waals surface area contributed by atoms with Crippen molar-refractivity contribution in [3.05, 3.63) is 52.1 Å². The van der Waals surface area contributed by atoms with Crippen molar-refractivity contribution in [2.24, 2.45) is 0 Å². The summed E-state index contributed by atoms with van der Waals surface area (Å²) < 4.78 is 11.3. The van der Waals surface area contributed by atoms with Crippen LogP contribution in [0.15, 0.2) is 47.1 Å². The number of halogens is 2. The maximum absolute atomic E-state index is 11.7. The zero-order valence-corrected chi connectivity index (χ0v) is 15.5. The third kappa shape index (κ3) is 7.53. The Labute approximate surface area is 158 Å². The fraction of sp³-hybridized carbons (Fsp3) is 0.235. The average Bonchev–Trinajstić information content (AvgIpc) is 2.59. The molecule has 0 bridgehead atoms. The first-order valence-corrected chi connectivity index (χ1v) is 8.65. The lowest BCUT2D eigenvalue weighted by molar-refractivity contribution is -0.147. The number of pyridine rings is 1. The normalized spacial score (nSPS) is 10.2. The molecule has 0 fully saturated rings. The first-order chi connectivity index (χ1) is 12.0. The molecule has 0 saturated carbocycles. The Morgan fingerprint density at radius 1 is 1.24 bits per heavy atom. The molecule has 0 saturated heterocycles. The summed E-state index contributed by atoms with van der Waals surface area (Å²) in [6.07, 6.45) is 2.07. The van der Waals surface area contributed by atoms with Crippen molar-refractivity contribution >= 4 is 45.2 Å². The lowest BCUT2D eigenvalue weighted by Crippen LogP contribution is -2.21. The molecule has 1 heterocycles. The summed E-state index contributed by atoms with van der Waals surface area (Å²) in [6, 6.07) is 10.6. The highest BCUT2D eigenvalue weighted by atomic mass is 79.9. The molecule has 0 spiro atoms. The molecule has 1 N–H and O–H groups in total. The van der Waals surface area contributed by atoms with E-state index in [1.54, 1.807) is 12.1 Å². The minimum atomic E-state index is -0.464. The van der Waals surface area contributed by atoms with E-state index < -0.39 is 11.9 Å². The quantitative estimate of drug-likeness (QED) is 0.511. The molecule has 0 aliphatic rings. The van der Waals surface area contributed by atoms with Gasteiger partial charge in [-0.1, -0.05) is 33.6 Å². The van der Waals surface area contributed by atoms with E-state index in [1.807, 2.05) is 24.3 Å². The minimum Gasteiger partial charge on any atom is -0.494 e. The number of nitrogens with one attached hydrogen (secondary N) is 1. The number of carbonyl (C=O) groups is 2. The number of amides is 1. The summed E-state index contributed by atoms with van der Waals surface area (Å²) >= 11 is 9.05. The van der Waals surface area contributed by atoms with Gasteiger partial charge in [0.15, 0.2) is 6.61 Å². The zero-order chi connectivity index (χ0) is 18.1. The molecule has 2 aromatic rings. The van der Waals surface area contributed by atoms with E-state index >= 15 is 0 Å². The van der Waals surface area contributed by atoms with Crippen molar-refractivity contribution in [3.8, 4) is 5.75 Å². The SMILES string of the molecule is O=C(COC(=O)CCCOc1cccc(Br)c1)Nc1ccc(Cl)cn1. The second-order valence-electron chi connectivity index (χ2n) is 4.98. The Kier molecular flexibility index (Phi) is 7.69. The van der Waals surface area contributed by atoms with E-state index in [4.69, 9.17) is 21.1 Å². The van der Waals surface area contributed by atoms with Crippen LogP contribution in [0.25, 0.3) is 0 Å².